The van der Waals surface area contributed by atoms with Crippen LogP contribution in [-0.4, -0.2) is 96.8 Å². The third-order valence-corrected chi connectivity index (χ3v) is 5.84. The van der Waals surface area contributed by atoms with Crippen LogP contribution in [0.5, 0.6) is 0 Å². The SMILES string of the molecule is CC(C)NC(=O)O[C@H]1[C@H](O)[C@@H](CO)O[C@@H](OCCN2CCCCC2)[C@@H]1OC(=O)c1ccccc1. The van der Waals surface area contributed by atoms with Crippen LogP contribution in [0.1, 0.15) is 43.5 Å². The maximum atomic E-state index is 12.8. The van der Waals surface area contributed by atoms with Crippen LogP contribution in [0.2, 0.25) is 0 Å². The predicted octanol–water partition coefficient (Wildman–Crippen LogP) is 1.30. The van der Waals surface area contributed by atoms with Crippen LogP contribution in [0.4, 0.5) is 4.79 Å². The molecule has 190 valence electrons. The monoisotopic (exact) mass is 480 g/mol. The fourth-order valence-electron chi connectivity index (χ4n) is 4.08. The number of ether oxygens (including phenoxy) is 4. The van der Waals surface area contributed by atoms with E-state index in [2.05, 4.69) is 10.2 Å². The molecule has 1 aromatic rings. The summed E-state index contributed by atoms with van der Waals surface area (Å²) < 4.78 is 22.8. The van der Waals surface area contributed by atoms with E-state index in [9.17, 15) is 19.8 Å². The van der Waals surface area contributed by atoms with Crippen LogP contribution in [0.3, 0.4) is 0 Å². The third kappa shape index (κ3) is 7.38. The zero-order chi connectivity index (χ0) is 24.5. The molecule has 10 heteroatoms. The number of aliphatic hydroxyl groups is 2. The molecule has 0 spiro atoms. The number of aliphatic hydroxyl groups excluding tert-OH is 2. The first-order valence-electron chi connectivity index (χ1n) is 11.9. The van der Waals surface area contributed by atoms with Gasteiger partial charge in [-0.2, -0.15) is 0 Å². The summed E-state index contributed by atoms with van der Waals surface area (Å²) in [6.45, 7) is 5.91. The van der Waals surface area contributed by atoms with E-state index in [0.717, 1.165) is 25.9 Å². The highest BCUT2D eigenvalue weighted by Gasteiger charge is 2.50. The molecule has 2 aliphatic heterocycles. The Kier molecular flexibility index (Phi) is 10.1. The first kappa shape index (κ1) is 26.4. The average Bonchev–Trinajstić information content (AvgIpc) is 2.83. The molecule has 2 heterocycles. The number of benzene rings is 1. The van der Waals surface area contributed by atoms with Gasteiger partial charge in [0.2, 0.25) is 0 Å². The molecule has 2 aliphatic rings. The summed E-state index contributed by atoms with van der Waals surface area (Å²) in [5.74, 6) is -0.675. The summed E-state index contributed by atoms with van der Waals surface area (Å²) >= 11 is 0. The van der Waals surface area contributed by atoms with Crippen molar-refractivity contribution in [2.24, 2.45) is 0 Å². The number of nitrogens with one attached hydrogen (secondary N) is 1. The molecule has 0 bridgehead atoms. The largest absolute Gasteiger partial charge is 0.449 e. The second-order valence-electron chi connectivity index (χ2n) is 8.89. The second kappa shape index (κ2) is 13.0. The van der Waals surface area contributed by atoms with Gasteiger partial charge in [0.05, 0.1) is 18.8 Å². The van der Waals surface area contributed by atoms with Crippen LogP contribution in [0, 0.1) is 0 Å². The van der Waals surface area contributed by atoms with Crippen LogP contribution >= 0.6 is 0 Å². The second-order valence-corrected chi connectivity index (χ2v) is 8.89. The summed E-state index contributed by atoms with van der Waals surface area (Å²) in [6, 6.07) is 8.13. The van der Waals surface area contributed by atoms with E-state index in [-0.39, 0.29) is 12.6 Å². The standard InChI is InChI=1S/C24H36N2O8/c1-16(2)25-24(30)34-20-19(28)18(15-27)32-23(31-14-13-26-11-7-4-8-12-26)21(20)33-22(29)17-9-5-3-6-10-17/h3,5-6,9-10,16,18-21,23,27-28H,4,7-8,11-15H2,1-2H3,(H,25,30)/t18-,19-,20+,21-,23-/m1/s1. The first-order chi connectivity index (χ1) is 16.4. The van der Waals surface area contributed by atoms with Gasteiger partial charge in [-0.05, 0) is 51.9 Å². The van der Waals surface area contributed by atoms with E-state index in [1.54, 1.807) is 44.2 Å². The molecular formula is C24H36N2O8. The number of esters is 1. The number of carbonyl (C=O) groups is 2. The molecule has 0 saturated carbocycles. The molecule has 0 aromatic heterocycles. The summed E-state index contributed by atoms with van der Waals surface area (Å²) in [7, 11) is 0. The smallest absolute Gasteiger partial charge is 0.407 e. The van der Waals surface area contributed by atoms with Crippen molar-refractivity contribution in [3.05, 3.63) is 35.9 Å². The molecule has 0 unspecified atom stereocenters. The minimum atomic E-state index is -1.43. The Labute approximate surface area is 200 Å². The van der Waals surface area contributed by atoms with Gasteiger partial charge in [0.1, 0.15) is 12.2 Å². The van der Waals surface area contributed by atoms with Crippen molar-refractivity contribution in [3.8, 4) is 0 Å². The molecule has 2 saturated heterocycles. The predicted molar refractivity (Wildman–Crippen MR) is 122 cm³/mol. The summed E-state index contributed by atoms with van der Waals surface area (Å²) in [5.41, 5.74) is 0.290. The lowest BCUT2D eigenvalue weighted by atomic mass is 9.98. The molecule has 1 amide bonds. The van der Waals surface area contributed by atoms with Crippen LogP contribution < -0.4 is 5.32 Å². The van der Waals surface area contributed by atoms with Crippen molar-refractivity contribution in [2.45, 2.75) is 69.9 Å². The zero-order valence-electron chi connectivity index (χ0n) is 19.8. The normalized spacial score (nSPS) is 27.9. The van der Waals surface area contributed by atoms with Gasteiger partial charge in [0.15, 0.2) is 18.5 Å². The Morgan fingerprint density at radius 1 is 1.12 bits per heavy atom. The number of alkyl carbamates (subject to hydrolysis) is 1. The Morgan fingerprint density at radius 2 is 1.82 bits per heavy atom. The number of likely N-dealkylation sites (tertiary alicyclic amines) is 1. The highest BCUT2D eigenvalue weighted by Crippen LogP contribution is 2.28. The zero-order valence-corrected chi connectivity index (χ0v) is 19.8. The lowest BCUT2D eigenvalue weighted by Crippen LogP contribution is -2.62. The molecule has 0 aliphatic carbocycles. The van der Waals surface area contributed by atoms with E-state index >= 15 is 0 Å². The minimum absolute atomic E-state index is 0.208. The Morgan fingerprint density at radius 3 is 2.47 bits per heavy atom. The molecule has 3 rings (SSSR count). The van der Waals surface area contributed by atoms with Crippen molar-refractivity contribution in [2.75, 3.05) is 32.8 Å². The van der Waals surface area contributed by atoms with Crippen molar-refractivity contribution in [1.82, 2.24) is 10.2 Å². The number of carbonyl (C=O) groups excluding carboxylic acids is 2. The number of piperidine rings is 1. The third-order valence-electron chi connectivity index (χ3n) is 5.84. The highest BCUT2D eigenvalue weighted by atomic mass is 16.7. The van der Waals surface area contributed by atoms with Gasteiger partial charge >= 0.3 is 12.1 Å². The molecule has 2 fully saturated rings. The Hall–Kier alpha value is -2.24. The van der Waals surface area contributed by atoms with Crippen molar-refractivity contribution >= 4 is 12.1 Å². The van der Waals surface area contributed by atoms with Crippen molar-refractivity contribution < 1.29 is 38.7 Å². The van der Waals surface area contributed by atoms with Gasteiger partial charge in [-0.25, -0.2) is 9.59 Å². The number of hydrogen-bond donors (Lipinski definition) is 3. The van der Waals surface area contributed by atoms with Gasteiger partial charge in [-0.3, -0.25) is 0 Å². The molecule has 10 nitrogen and oxygen atoms in total. The Balaban J connectivity index is 1.76. The quantitative estimate of drug-likeness (QED) is 0.448. The molecule has 1 aromatic carbocycles. The summed E-state index contributed by atoms with van der Waals surface area (Å²) in [6.07, 6.45) is -3.51. The molecule has 3 N–H and O–H groups in total. The van der Waals surface area contributed by atoms with Gasteiger partial charge in [-0.15, -0.1) is 0 Å². The van der Waals surface area contributed by atoms with Crippen LogP contribution in [0.15, 0.2) is 30.3 Å². The Bertz CT molecular complexity index is 771. The fourth-order valence-corrected chi connectivity index (χ4v) is 4.08. The number of nitrogens with zero attached hydrogens (tertiary/aromatic N) is 1. The molecule has 5 atom stereocenters. The lowest BCUT2D eigenvalue weighted by Gasteiger charge is -2.43. The highest BCUT2D eigenvalue weighted by molar-refractivity contribution is 5.89. The van der Waals surface area contributed by atoms with Crippen LogP contribution in [0.25, 0.3) is 0 Å². The van der Waals surface area contributed by atoms with Gasteiger partial charge in [0.25, 0.3) is 0 Å². The van der Waals surface area contributed by atoms with E-state index in [1.807, 2.05) is 0 Å². The topological polar surface area (TPSA) is 127 Å². The van der Waals surface area contributed by atoms with E-state index in [0.29, 0.717) is 12.1 Å². The van der Waals surface area contributed by atoms with Gasteiger partial charge in [0, 0.05) is 12.6 Å². The number of rotatable bonds is 9. The van der Waals surface area contributed by atoms with Crippen LogP contribution in [-0.2, 0) is 18.9 Å². The fraction of sp³-hybridized carbons (Fsp3) is 0.667. The van der Waals surface area contributed by atoms with Crippen molar-refractivity contribution in [3.63, 3.8) is 0 Å². The average molecular weight is 481 g/mol. The molecule has 0 radical (unpaired) electrons. The first-order valence-corrected chi connectivity index (χ1v) is 11.9. The summed E-state index contributed by atoms with van der Waals surface area (Å²) in [4.78, 5) is 27.5. The molecular weight excluding hydrogens is 444 g/mol. The maximum absolute atomic E-state index is 12.8. The minimum Gasteiger partial charge on any atom is -0.449 e. The maximum Gasteiger partial charge on any atom is 0.407 e. The number of hydrogen-bond acceptors (Lipinski definition) is 9. The van der Waals surface area contributed by atoms with E-state index in [4.69, 9.17) is 18.9 Å². The van der Waals surface area contributed by atoms with E-state index in [1.165, 1.54) is 6.42 Å². The van der Waals surface area contributed by atoms with Gasteiger partial charge in [-0.1, -0.05) is 24.6 Å². The molecule has 34 heavy (non-hydrogen) atoms. The van der Waals surface area contributed by atoms with Gasteiger partial charge < -0.3 is 39.4 Å². The van der Waals surface area contributed by atoms with E-state index < -0.39 is 49.4 Å². The number of amides is 1. The summed E-state index contributed by atoms with van der Waals surface area (Å²) in [5, 5.41) is 23.1. The van der Waals surface area contributed by atoms with Crippen molar-refractivity contribution in [1.29, 1.82) is 0 Å². The lowest BCUT2D eigenvalue weighted by molar-refractivity contribution is -0.299.